The topological polar surface area (TPSA) is 50.4 Å². The summed E-state index contributed by atoms with van der Waals surface area (Å²) in [5, 5.41) is 12.6. The highest BCUT2D eigenvalue weighted by molar-refractivity contribution is 6.06. The second-order valence-corrected chi connectivity index (χ2v) is 5.20. The third kappa shape index (κ3) is 1.95. The van der Waals surface area contributed by atoms with Gasteiger partial charge in [-0.15, -0.1) is 0 Å². The average molecular weight is 288 g/mol. The van der Waals surface area contributed by atoms with Crippen LogP contribution >= 0.6 is 0 Å². The fourth-order valence-corrected chi connectivity index (χ4v) is 2.75. The molecule has 0 unspecified atom stereocenters. The molecule has 4 rings (SSSR count). The minimum absolute atomic E-state index is 0.120. The highest BCUT2D eigenvalue weighted by Crippen LogP contribution is 2.28. The molecule has 3 nitrogen and oxygen atoms in total. The van der Waals surface area contributed by atoms with Crippen LogP contribution in [-0.4, -0.2) is 5.11 Å². The van der Waals surface area contributed by atoms with Gasteiger partial charge in [-0.25, -0.2) is 4.79 Å². The lowest BCUT2D eigenvalue weighted by Crippen LogP contribution is -2.02. The van der Waals surface area contributed by atoms with Gasteiger partial charge in [0.15, 0.2) is 0 Å². The van der Waals surface area contributed by atoms with E-state index < -0.39 is 5.63 Å². The quantitative estimate of drug-likeness (QED) is 0.419. The smallest absolute Gasteiger partial charge is 0.344 e. The van der Waals surface area contributed by atoms with E-state index in [1.54, 1.807) is 24.3 Å². The molecule has 0 saturated heterocycles. The molecule has 0 aliphatic heterocycles. The van der Waals surface area contributed by atoms with Gasteiger partial charge in [-0.1, -0.05) is 42.5 Å². The van der Waals surface area contributed by atoms with Gasteiger partial charge in [0.2, 0.25) is 0 Å². The van der Waals surface area contributed by atoms with Crippen molar-refractivity contribution < 1.29 is 9.52 Å². The standard InChI is InChI=1S/C19H12O3/c20-14-6-3-5-13(10-14)16-11-17-15-7-2-1-4-12(15)8-9-18(17)22-19(16)21/h1-11,20H. The van der Waals surface area contributed by atoms with E-state index in [0.717, 1.165) is 16.2 Å². The maximum absolute atomic E-state index is 12.2. The summed E-state index contributed by atoms with van der Waals surface area (Å²) in [6.45, 7) is 0. The Labute approximate surface area is 126 Å². The van der Waals surface area contributed by atoms with Crippen molar-refractivity contribution in [1.82, 2.24) is 0 Å². The lowest BCUT2D eigenvalue weighted by Gasteiger charge is -2.06. The molecule has 0 spiro atoms. The maximum Gasteiger partial charge on any atom is 0.344 e. The number of benzene rings is 3. The third-order valence-corrected chi connectivity index (χ3v) is 3.80. The average Bonchev–Trinajstić information content (AvgIpc) is 2.54. The first kappa shape index (κ1) is 12.7. The lowest BCUT2D eigenvalue weighted by atomic mass is 10.0. The Morgan fingerprint density at radius 3 is 2.55 bits per heavy atom. The van der Waals surface area contributed by atoms with Crippen LogP contribution < -0.4 is 5.63 Å². The molecule has 0 fully saturated rings. The number of fused-ring (bicyclic) bond motifs is 3. The molecule has 0 amide bonds. The van der Waals surface area contributed by atoms with E-state index in [9.17, 15) is 9.90 Å². The van der Waals surface area contributed by atoms with Crippen molar-refractivity contribution in [3.05, 3.63) is 77.2 Å². The molecule has 0 radical (unpaired) electrons. The molecule has 0 atom stereocenters. The first-order valence-electron chi connectivity index (χ1n) is 6.97. The molecule has 0 saturated carbocycles. The molecule has 1 aromatic heterocycles. The summed E-state index contributed by atoms with van der Waals surface area (Å²) in [6.07, 6.45) is 0. The van der Waals surface area contributed by atoms with Gasteiger partial charge in [-0.2, -0.15) is 0 Å². The van der Waals surface area contributed by atoms with Crippen LogP contribution in [0, 0.1) is 0 Å². The Hall–Kier alpha value is -3.07. The zero-order valence-corrected chi connectivity index (χ0v) is 11.6. The Morgan fingerprint density at radius 2 is 1.68 bits per heavy atom. The number of aromatic hydroxyl groups is 1. The van der Waals surface area contributed by atoms with Crippen LogP contribution in [-0.2, 0) is 0 Å². The Balaban J connectivity index is 2.10. The van der Waals surface area contributed by atoms with Crippen molar-refractivity contribution in [3.63, 3.8) is 0 Å². The Morgan fingerprint density at radius 1 is 0.818 bits per heavy atom. The summed E-state index contributed by atoms with van der Waals surface area (Å²) in [6, 6.07) is 20.2. The van der Waals surface area contributed by atoms with Gasteiger partial charge < -0.3 is 9.52 Å². The van der Waals surface area contributed by atoms with Gasteiger partial charge in [-0.05, 0) is 40.6 Å². The summed E-state index contributed by atoms with van der Waals surface area (Å²) in [7, 11) is 0. The van der Waals surface area contributed by atoms with Crippen molar-refractivity contribution in [2.24, 2.45) is 0 Å². The van der Waals surface area contributed by atoms with Gasteiger partial charge in [0.1, 0.15) is 11.3 Å². The molecule has 22 heavy (non-hydrogen) atoms. The highest BCUT2D eigenvalue weighted by Gasteiger charge is 2.10. The van der Waals surface area contributed by atoms with Crippen LogP contribution in [0.3, 0.4) is 0 Å². The van der Waals surface area contributed by atoms with E-state index in [4.69, 9.17) is 4.42 Å². The predicted molar refractivity (Wildman–Crippen MR) is 87.1 cm³/mol. The van der Waals surface area contributed by atoms with Gasteiger partial charge in [0, 0.05) is 5.39 Å². The zero-order chi connectivity index (χ0) is 15.1. The minimum atomic E-state index is -0.409. The van der Waals surface area contributed by atoms with E-state index in [0.29, 0.717) is 16.7 Å². The fraction of sp³-hybridized carbons (Fsp3) is 0. The van der Waals surface area contributed by atoms with Crippen molar-refractivity contribution >= 4 is 21.7 Å². The fourth-order valence-electron chi connectivity index (χ4n) is 2.75. The summed E-state index contributed by atoms with van der Waals surface area (Å²) in [5.41, 5.74) is 1.24. The van der Waals surface area contributed by atoms with Crippen LogP contribution in [0.2, 0.25) is 0 Å². The number of phenols is 1. The van der Waals surface area contributed by atoms with E-state index in [-0.39, 0.29) is 5.75 Å². The van der Waals surface area contributed by atoms with Gasteiger partial charge in [-0.3, -0.25) is 0 Å². The monoisotopic (exact) mass is 288 g/mol. The first-order chi connectivity index (χ1) is 10.7. The van der Waals surface area contributed by atoms with E-state index in [1.807, 2.05) is 42.5 Å². The van der Waals surface area contributed by atoms with Crippen molar-refractivity contribution in [1.29, 1.82) is 0 Å². The molecule has 0 aliphatic rings. The summed E-state index contributed by atoms with van der Waals surface area (Å²) < 4.78 is 5.46. The summed E-state index contributed by atoms with van der Waals surface area (Å²) >= 11 is 0. The number of hydrogen-bond donors (Lipinski definition) is 1. The summed E-state index contributed by atoms with van der Waals surface area (Å²) in [5.74, 6) is 0.120. The van der Waals surface area contributed by atoms with Crippen LogP contribution in [0.15, 0.2) is 75.9 Å². The SMILES string of the molecule is O=c1oc2ccc3ccccc3c2cc1-c1cccc(O)c1. The molecular formula is C19H12O3. The van der Waals surface area contributed by atoms with Crippen LogP contribution in [0.25, 0.3) is 32.9 Å². The van der Waals surface area contributed by atoms with Gasteiger partial charge in [0.25, 0.3) is 0 Å². The molecule has 1 N–H and O–H groups in total. The van der Waals surface area contributed by atoms with Crippen molar-refractivity contribution in [2.75, 3.05) is 0 Å². The maximum atomic E-state index is 12.2. The second-order valence-electron chi connectivity index (χ2n) is 5.20. The normalized spacial score (nSPS) is 11.1. The third-order valence-electron chi connectivity index (χ3n) is 3.80. The van der Waals surface area contributed by atoms with Crippen LogP contribution in [0.1, 0.15) is 0 Å². The predicted octanol–water partition coefficient (Wildman–Crippen LogP) is 4.32. The molecule has 3 aromatic carbocycles. The number of phenolic OH excluding ortho intramolecular Hbond substituents is 1. The molecule has 4 aromatic rings. The lowest BCUT2D eigenvalue weighted by molar-refractivity contribution is 0.475. The number of hydrogen-bond acceptors (Lipinski definition) is 3. The van der Waals surface area contributed by atoms with E-state index >= 15 is 0 Å². The molecule has 3 heteroatoms. The number of rotatable bonds is 1. The Bertz CT molecular complexity index is 1060. The van der Waals surface area contributed by atoms with Crippen molar-refractivity contribution in [3.8, 4) is 16.9 Å². The molecular weight excluding hydrogens is 276 g/mol. The van der Waals surface area contributed by atoms with Crippen LogP contribution in [0.4, 0.5) is 0 Å². The van der Waals surface area contributed by atoms with Crippen molar-refractivity contribution in [2.45, 2.75) is 0 Å². The molecule has 106 valence electrons. The largest absolute Gasteiger partial charge is 0.508 e. The van der Waals surface area contributed by atoms with E-state index in [1.165, 1.54) is 0 Å². The first-order valence-corrected chi connectivity index (χ1v) is 6.97. The molecule has 0 bridgehead atoms. The summed E-state index contributed by atoms with van der Waals surface area (Å²) in [4.78, 5) is 12.2. The molecule has 0 aliphatic carbocycles. The zero-order valence-electron chi connectivity index (χ0n) is 11.6. The molecule has 1 heterocycles. The van der Waals surface area contributed by atoms with Gasteiger partial charge in [0.05, 0.1) is 5.56 Å². The minimum Gasteiger partial charge on any atom is -0.508 e. The van der Waals surface area contributed by atoms with Gasteiger partial charge >= 0.3 is 5.63 Å². The second kappa shape index (κ2) is 4.74. The van der Waals surface area contributed by atoms with E-state index in [2.05, 4.69) is 0 Å². The Kier molecular flexibility index (Phi) is 2.73. The highest BCUT2D eigenvalue weighted by atomic mass is 16.4. The van der Waals surface area contributed by atoms with Crippen LogP contribution in [0.5, 0.6) is 5.75 Å².